The molecule has 22 heavy (non-hydrogen) atoms. The molecule has 0 amide bonds. The third-order valence-electron chi connectivity index (χ3n) is 2.62. The van der Waals surface area contributed by atoms with Gasteiger partial charge in [0, 0.05) is 5.69 Å². The zero-order chi connectivity index (χ0) is 15.9. The van der Waals surface area contributed by atoms with Crippen LogP contribution >= 0.6 is 15.9 Å². The molecule has 1 heterocycles. The number of anilines is 2. The highest BCUT2D eigenvalue weighted by Gasteiger charge is 2.09. The summed E-state index contributed by atoms with van der Waals surface area (Å²) in [6.45, 7) is 4.49. The minimum atomic E-state index is -0.363. The Kier molecular flexibility index (Phi) is 5.71. The normalized spacial score (nSPS) is 10.1. The summed E-state index contributed by atoms with van der Waals surface area (Å²) in [6.07, 6.45) is 1.61. The van der Waals surface area contributed by atoms with Crippen molar-refractivity contribution in [2.45, 2.75) is 13.8 Å². The zero-order valence-corrected chi connectivity index (χ0v) is 13.9. The number of halogens is 1. The second-order valence-corrected chi connectivity index (χ2v) is 5.06. The van der Waals surface area contributed by atoms with Crippen molar-refractivity contribution in [1.29, 1.82) is 0 Å². The molecule has 0 aliphatic heterocycles. The van der Waals surface area contributed by atoms with Gasteiger partial charge in [-0.2, -0.15) is 4.98 Å². The van der Waals surface area contributed by atoms with Crippen LogP contribution in [0.3, 0.4) is 0 Å². The molecule has 2 rings (SSSR count). The molecule has 0 saturated heterocycles. The lowest BCUT2D eigenvalue weighted by Crippen LogP contribution is -2.05. The van der Waals surface area contributed by atoms with Crippen molar-refractivity contribution >= 4 is 33.5 Å². The summed E-state index contributed by atoms with van der Waals surface area (Å²) in [5.41, 5.74) is 1.16. The summed E-state index contributed by atoms with van der Waals surface area (Å²) in [5.74, 6) is 0.479. The molecule has 0 aliphatic rings. The lowest BCUT2D eigenvalue weighted by atomic mass is 10.2. The topological polar surface area (TPSA) is 73.3 Å². The predicted molar refractivity (Wildman–Crippen MR) is 86.6 cm³/mol. The van der Waals surface area contributed by atoms with Gasteiger partial charge in [-0.1, -0.05) is 6.07 Å². The van der Waals surface area contributed by atoms with Crippen LogP contribution in [0.25, 0.3) is 0 Å². The first kappa shape index (κ1) is 16.2. The predicted octanol–water partition coefficient (Wildman–Crippen LogP) is 3.56. The maximum Gasteiger partial charge on any atom is 0.338 e. The van der Waals surface area contributed by atoms with E-state index in [4.69, 9.17) is 9.47 Å². The lowest BCUT2D eigenvalue weighted by Gasteiger charge is -2.09. The van der Waals surface area contributed by atoms with Crippen LogP contribution in [0.4, 0.5) is 11.6 Å². The number of nitrogens with one attached hydrogen (secondary N) is 1. The first-order valence-corrected chi connectivity index (χ1v) is 7.62. The molecule has 1 aromatic heterocycles. The average Bonchev–Trinajstić information content (AvgIpc) is 2.51. The molecule has 1 N–H and O–H groups in total. The molecule has 116 valence electrons. The van der Waals surface area contributed by atoms with Crippen LogP contribution in [0, 0.1) is 0 Å². The summed E-state index contributed by atoms with van der Waals surface area (Å²) in [4.78, 5) is 20.1. The molecule has 0 saturated carbocycles. The number of hydrogen-bond acceptors (Lipinski definition) is 6. The molecule has 7 heteroatoms. The number of hydrogen-bond donors (Lipinski definition) is 1. The van der Waals surface area contributed by atoms with Crippen molar-refractivity contribution in [2.24, 2.45) is 0 Å². The molecule has 2 aromatic rings. The van der Waals surface area contributed by atoms with Gasteiger partial charge in [-0.25, -0.2) is 9.78 Å². The minimum Gasteiger partial charge on any atom is -0.477 e. The number of ether oxygens (including phenoxy) is 2. The van der Waals surface area contributed by atoms with E-state index in [9.17, 15) is 4.79 Å². The lowest BCUT2D eigenvalue weighted by molar-refractivity contribution is 0.0526. The van der Waals surface area contributed by atoms with Crippen LogP contribution < -0.4 is 10.1 Å². The Labute approximate surface area is 137 Å². The van der Waals surface area contributed by atoms with Gasteiger partial charge in [0.05, 0.1) is 29.4 Å². The van der Waals surface area contributed by atoms with E-state index < -0.39 is 0 Å². The number of aromatic nitrogens is 2. The fourth-order valence-corrected chi connectivity index (χ4v) is 2.02. The number of carbonyl (C=O) groups is 1. The minimum absolute atomic E-state index is 0.337. The average molecular weight is 366 g/mol. The Morgan fingerprint density at radius 1 is 1.32 bits per heavy atom. The number of esters is 1. The molecule has 6 nitrogen and oxygen atoms in total. The van der Waals surface area contributed by atoms with E-state index in [1.165, 1.54) is 0 Å². The smallest absolute Gasteiger partial charge is 0.338 e. The second kappa shape index (κ2) is 7.74. The summed E-state index contributed by atoms with van der Waals surface area (Å²) in [7, 11) is 0. The standard InChI is InChI=1S/C15H16BrN3O3/c1-3-21-13-12(16)9-17-15(19-13)18-11-7-5-6-10(8-11)14(20)22-4-2/h5-9H,3-4H2,1-2H3,(H,17,18,19). The van der Waals surface area contributed by atoms with E-state index in [1.807, 2.05) is 13.0 Å². The highest BCUT2D eigenvalue weighted by Crippen LogP contribution is 2.24. The fourth-order valence-electron chi connectivity index (χ4n) is 1.72. The van der Waals surface area contributed by atoms with Gasteiger partial charge in [-0.3, -0.25) is 0 Å². The summed E-state index contributed by atoms with van der Waals surface area (Å²) in [5, 5.41) is 3.04. The van der Waals surface area contributed by atoms with Gasteiger partial charge in [-0.15, -0.1) is 0 Å². The van der Waals surface area contributed by atoms with Gasteiger partial charge in [-0.05, 0) is 48.0 Å². The van der Waals surface area contributed by atoms with Crippen molar-refractivity contribution in [2.75, 3.05) is 18.5 Å². The summed E-state index contributed by atoms with van der Waals surface area (Å²) >= 11 is 3.33. The number of rotatable bonds is 6. The maximum atomic E-state index is 11.7. The third-order valence-corrected chi connectivity index (χ3v) is 3.17. The molecule has 0 radical (unpaired) electrons. The van der Waals surface area contributed by atoms with Crippen LogP contribution in [-0.2, 0) is 4.74 Å². The van der Waals surface area contributed by atoms with E-state index in [2.05, 4.69) is 31.2 Å². The third kappa shape index (κ3) is 4.17. The summed E-state index contributed by atoms with van der Waals surface area (Å²) < 4.78 is 11.1. The first-order valence-electron chi connectivity index (χ1n) is 6.83. The van der Waals surface area contributed by atoms with Gasteiger partial charge in [0.2, 0.25) is 11.8 Å². The molecular formula is C15H16BrN3O3. The van der Waals surface area contributed by atoms with Crippen molar-refractivity contribution in [1.82, 2.24) is 9.97 Å². The summed E-state index contributed by atoms with van der Waals surface area (Å²) in [6, 6.07) is 6.95. The van der Waals surface area contributed by atoms with Crippen molar-refractivity contribution < 1.29 is 14.3 Å². The molecule has 0 spiro atoms. The van der Waals surface area contributed by atoms with Crippen LogP contribution in [0.1, 0.15) is 24.2 Å². The van der Waals surface area contributed by atoms with Crippen LogP contribution in [0.15, 0.2) is 34.9 Å². The number of nitrogens with zero attached hydrogens (tertiary/aromatic N) is 2. The van der Waals surface area contributed by atoms with Gasteiger partial charge in [0.25, 0.3) is 0 Å². The molecule has 0 fully saturated rings. The van der Waals surface area contributed by atoms with Crippen molar-refractivity contribution in [3.05, 3.63) is 40.5 Å². The van der Waals surface area contributed by atoms with Crippen molar-refractivity contribution in [3.63, 3.8) is 0 Å². The number of benzene rings is 1. The van der Waals surface area contributed by atoms with Crippen LogP contribution in [0.2, 0.25) is 0 Å². The monoisotopic (exact) mass is 365 g/mol. The van der Waals surface area contributed by atoms with Crippen molar-refractivity contribution in [3.8, 4) is 5.88 Å². The fraction of sp³-hybridized carbons (Fsp3) is 0.267. The first-order chi connectivity index (χ1) is 10.6. The Bertz CT molecular complexity index is 664. The Morgan fingerprint density at radius 2 is 2.14 bits per heavy atom. The van der Waals surface area contributed by atoms with E-state index in [0.717, 1.165) is 0 Å². The van der Waals surface area contributed by atoms with Crippen LogP contribution in [-0.4, -0.2) is 29.2 Å². The van der Waals surface area contributed by atoms with E-state index in [1.54, 1.807) is 31.3 Å². The van der Waals surface area contributed by atoms with Crippen LogP contribution in [0.5, 0.6) is 5.88 Å². The molecule has 0 atom stereocenters. The Balaban J connectivity index is 2.18. The Morgan fingerprint density at radius 3 is 2.86 bits per heavy atom. The largest absolute Gasteiger partial charge is 0.477 e. The molecule has 1 aromatic carbocycles. The number of carbonyl (C=O) groups excluding carboxylic acids is 1. The van der Waals surface area contributed by atoms with E-state index in [0.29, 0.717) is 40.8 Å². The SMILES string of the molecule is CCOC(=O)c1cccc(Nc2ncc(Br)c(OCC)n2)c1. The quantitative estimate of drug-likeness (QED) is 0.789. The van der Waals surface area contributed by atoms with E-state index >= 15 is 0 Å². The molecule has 0 aliphatic carbocycles. The second-order valence-electron chi connectivity index (χ2n) is 4.21. The van der Waals surface area contributed by atoms with Gasteiger partial charge >= 0.3 is 5.97 Å². The molecule has 0 bridgehead atoms. The molecule has 0 unspecified atom stereocenters. The van der Waals surface area contributed by atoms with Gasteiger partial charge < -0.3 is 14.8 Å². The van der Waals surface area contributed by atoms with Gasteiger partial charge in [0.15, 0.2) is 0 Å². The maximum absolute atomic E-state index is 11.7. The highest BCUT2D eigenvalue weighted by atomic mass is 79.9. The Hall–Kier alpha value is -2.15. The molecular weight excluding hydrogens is 350 g/mol. The van der Waals surface area contributed by atoms with Gasteiger partial charge in [0.1, 0.15) is 0 Å². The van der Waals surface area contributed by atoms with E-state index in [-0.39, 0.29) is 5.97 Å². The highest BCUT2D eigenvalue weighted by molar-refractivity contribution is 9.10. The zero-order valence-electron chi connectivity index (χ0n) is 12.3.